The molecule has 0 unspecified atom stereocenters. The minimum absolute atomic E-state index is 0.0325. The van der Waals surface area contributed by atoms with E-state index < -0.39 is 23.8 Å². The van der Waals surface area contributed by atoms with Gasteiger partial charge in [0.15, 0.2) is 0 Å². The van der Waals surface area contributed by atoms with Crippen LogP contribution in [0, 0.1) is 23.0 Å². The van der Waals surface area contributed by atoms with Crippen molar-refractivity contribution in [1.82, 2.24) is 24.9 Å². The Morgan fingerprint density at radius 2 is 1.78 bits per heavy atom. The van der Waals surface area contributed by atoms with Crippen molar-refractivity contribution in [2.24, 2.45) is 0 Å². The first-order chi connectivity index (χ1) is 21.7. The van der Waals surface area contributed by atoms with Crippen LogP contribution in [0.4, 0.5) is 30.6 Å². The number of nitriles is 1. The fourth-order valence-corrected chi connectivity index (χ4v) is 5.80. The highest BCUT2D eigenvalue weighted by molar-refractivity contribution is 6.36. The SMILES string of the molecule is N#Cc1cnc2c(Cl)cc(N[C@@H](c3ccc(F)cc3)c3cn(C4CCN(C(=O)O)CC4)nn3)cc2c1Nc1ccc(F)c(Cl)c1. The average Bonchev–Trinajstić information content (AvgIpc) is 3.53. The summed E-state index contributed by atoms with van der Waals surface area (Å²) in [5.41, 5.74) is 3.29. The van der Waals surface area contributed by atoms with Crippen molar-refractivity contribution >= 4 is 57.3 Å². The zero-order valence-corrected chi connectivity index (χ0v) is 24.9. The zero-order valence-electron chi connectivity index (χ0n) is 23.4. The number of benzene rings is 3. The molecule has 1 atom stereocenters. The number of pyridine rings is 1. The van der Waals surface area contributed by atoms with Gasteiger partial charge in [-0.15, -0.1) is 5.10 Å². The van der Waals surface area contributed by atoms with E-state index in [1.807, 2.05) is 0 Å². The summed E-state index contributed by atoms with van der Waals surface area (Å²) in [7, 11) is 0. The zero-order chi connectivity index (χ0) is 31.7. The maximum absolute atomic E-state index is 13.9. The van der Waals surface area contributed by atoms with Crippen molar-refractivity contribution in [2.75, 3.05) is 23.7 Å². The van der Waals surface area contributed by atoms with Crippen LogP contribution in [0.3, 0.4) is 0 Å². The van der Waals surface area contributed by atoms with Gasteiger partial charge in [0, 0.05) is 36.0 Å². The van der Waals surface area contributed by atoms with Gasteiger partial charge in [0.25, 0.3) is 0 Å². The number of carboxylic acid groups (broad SMARTS) is 1. The quantitative estimate of drug-likeness (QED) is 0.165. The first kappa shape index (κ1) is 30.1. The Morgan fingerprint density at radius 3 is 2.47 bits per heavy atom. The van der Waals surface area contributed by atoms with Gasteiger partial charge in [0.1, 0.15) is 23.4 Å². The summed E-state index contributed by atoms with van der Waals surface area (Å²) >= 11 is 12.7. The fraction of sp³-hybridized carbons (Fsp3) is 0.194. The van der Waals surface area contributed by atoms with Crippen LogP contribution in [0.5, 0.6) is 0 Å². The fourth-order valence-electron chi connectivity index (χ4n) is 5.35. The Balaban J connectivity index is 1.37. The molecule has 0 saturated carbocycles. The molecular weight excluding hydrogens is 625 g/mol. The molecule has 14 heteroatoms. The third-order valence-electron chi connectivity index (χ3n) is 7.68. The van der Waals surface area contributed by atoms with E-state index in [9.17, 15) is 23.9 Å². The van der Waals surface area contributed by atoms with E-state index >= 15 is 0 Å². The molecule has 1 fully saturated rings. The average molecular weight is 649 g/mol. The number of nitrogens with one attached hydrogen (secondary N) is 2. The van der Waals surface area contributed by atoms with Crippen molar-refractivity contribution in [3.8, 4) is 6.07 Å². The van der Waals surface area contributed by atoms with Gasteiger partial charge < -0.3 is 20.6 Å². The first-order valence-electron chi connectivity index (χ1n) is 13.9. The maximum Gasteiger partial charge on any atom is 0.407 e. The van der Waals surface area contributed by atoms with Crippen LogP contribution in [-0.4, -0.2) is 49.2 Å². The van der Waals surface area contributed by atoms with Gasteiger partial charge in [-0.25, -0.2) is 18.3 Å². The molecule has 3 heterocycles. The van der Waals surface area contributed by atoms with E-state index in [4.69, 9.17) is 23.2 Å². The molecule has 0 bridgehead atoms. The second kappa shape index (κ2) is 12.6. The van der Waals surface area contributed by atoms with Crippen molar-refractivity contribution < 1.29 is 18.7 Å². The summed E-state index contributed by atoms with van der Waals surface area (Å²) in [6, 6.07) is 15.1. The van der Waals surface area contributed by atoms with E-state index in [0.717, 1.165) is 0 Å². The Hall–Kier alpha value is -4.99. The maximum atomic E-state index is 13.9. The number of rotatable bonds is 7. The molecule has 1 amide bonds. The third kappa shape index (κ3) is 6.31. The Bertz CT molecular complexity index is 1940. The third-order valence-corrected chi connectivity index (χ3v) is 8.26. The number of hydrogen-bond acceptors (Lipinski definition) is 7. The van der Waals surface area contributed by atoms with E-state index in [2.05, 4.69) is 32.0 Å². The number of halogens is 4. The van der Waals surface area contributed by atoms with Crippen LogP contribution in [0.2, 0.25) is 10.0 Å². The van der Waals surface area contributed by atoms with Gasteiger partial charge in [-0.3, -0.25) is 4.98 Å². The van der Waals surface area contributed by atoms with Gasteiger partial charge in [0.2, 0.25) is 0 Å². The van der Waals surface area contributed by atoms with Gasteiger partial charge >= 0.3 is 6.09 Å². The Labute approximate surface area is 265 Å². The van der Waals surface area contributed by atoms with Crippen molar-refractivity contribution in [2.45, 2.75) is 24.9 Å². The molecule has 1 aliphatic heterocycles. The number of anilines is 3. The summed E-state index contributed by atoms with van der Waals surface area (Å²) in [6.45, 7) is 0.785. The van der Waals surface area contributed by atoms with Gasteiger partial charge in [0.05, 0.1) is 45.1 Å². The number of likely N-dealkylation sites (tertiary alicyclic amines) is 1. The summed E-state index contributed by atoms with van der Waals surface area (Å²) in [4.78, 5) is 17.1. The minimum Gasteiger partial charge on any atom is -0.465 e. The topological polar surface area (TPSA) is 132 Å². The lowest BCUT2D eigenvalue weighted by atomic mass is 10.0. The predicted molar refractivity (Wildman–Crippen MR) is 166 cm³/mol. The molecule has 0 aliphatic carbocycles. The summed E-state index contributed by atoms with van der Waals surface area (Å²) in [5.74, 6) is -0.974. The van der Waals surface area contributed by atoms with E-state index in [0.29, 0.717) is 70.2 Å². The normalized spacial score (nSPS) is 14.2. The minimum atomic E-state index is -0.945. The van der Waals surface area contributed by atoms with Crippen LogP contribution in [0.1, 0.15) is 41.7 Å². The van der Waals surface area contributed by atoms with Crippen molar-refractivity contribution in [3.05, 3.63) is 105 Å². The van der Waals surface area contributed by atoms with E-state index in [1.165, 1.54) is 41.4 Å². The van der Waals surface area contributed by atoms with Crippen LogP contribution >= 0.6 is 23.2 Å². The molecule has 3 N–H and O–H groups in total. The number of aromatic nitrogens is 4. The number of fused-ring (bicyclic) bond motifs is 1. The first-order valence-corrected chi connectivity index (χ1v) is 14.6. The highest BCUT2D eigenvalue weighted by atomic mass is 35.5. The van der Waals surface area contributed by atoms with E-state index in [-0.39, 0.29) is 16.6 Å². The molecule has 10 nitrogen and oxygen atoms in total. The molecule has 2 aromatic heterocycles. The van der Waals surface area contributed by atoms with Crippen LogP contribution in [0.25, 0.3) is 10.9 Å². The second-order valence-electron chi connectivity index (χ2n) is 10.5. The van der Waals surface area contributed by atoms with E-state index in [1.54, 1.807) is 35.1 Å². The molecule has 5 aromatic rings. The molecule has 0 radical (unpaired) electrons. The van der Waals surface area contributed by atoms with Gasteiger partial charge in [-0.1, -0.05) is 40.5 Å². The lowest BCUT2D eigenvalue weighted by molar-refractivity contribution is 0.123. The monoisotopic (exact) mass is 648 g/mol. The van der Waals surface area contributed by atoms with Crippen molar-refractivity contribution in [3.63, 3.8) is 0 Å². The largest absolute Gasteiger partial charge is 0.465 e. The van der Waals surface area contributed by atoms with Crippen LogP contribution < -0.4 is 10.6 Å². The molecule has 228 valence electrons. The molecule has 3 aromatic carbocycles. The molecule has 45 heavy (non-hydrogen) atoms. The number of amides is 1. The number of nitrogens with zero attached hydrogens (tertiary/aromatic N) is 6. The number of hydrogen-bond donors (Lipinski definition) is 3. The number of piperidine rings is 1. The number of carbonyl (C=O) groups is 1. The summed E-state index contributed by atoms with van der Waals surface area (Å²) in [6.07, 6.45) is 3.43. The molecule has 1 aliphatic rings. The second-order valence-corrected chi connectivity index (χ2v) is 11.3. The standard InChI is InChI=1S/C31H24Cl2F2N8O2/c32-24-12-20(5-6-26(24)35)38-28-18(14-36)15-37-30-23(28)11-21(13-25(30)33)39-29(17-1-3-19(34)4-2-17)27-16-43(41-40-27)22-7-9-42(10-8-22)31(44)45/h1-6,11-13,15-16,22,29,39H,7-10H2,(H,37,38)(H,44,45)/t29-/m0/s1. The van der Waals surface area contributed by atoms with Crippen molar-refractivity contribution in [1.29, 1.82) is 5.26 Å². The predicted octanol–water partition coefficient (Wildman–Crippen LogP) is 7.54. The Morgan fingerprint density at radius 1 is 1.04 bits per heavy atom. The summed E-state index contributed by atoms with van der Waals surface area (Å²) < 4.78 is 29.4. The van der Waals surface area contributed by atoms with Crippen LogP contribution in [0.15, 0.2) is 67.0 Å². The van der Waals surface area contributed by atoms with Gasteiger partial charge in [-0.2, -0.15) is 5.26 Å². The lowest BCUT2D eigenvalue weighted by Crippen LogP contribution is -2.38. The lowest BCUT2D eigenvalue weighted by Gasteiger charge is -2.29. The highest BCUT2D eigenvalue weighted by Gasteiger charge is 2.26. The van der Waals surface area contributed by atoms with Gasteiger partial charge in [-0.05, 0) is 60.9 Å². The molecule has 1 saturated heterocycles. The van der Waals surface area contributed by atoms with Crippen LogP contribution in [-0.2, 0) is 0 Å². The smallest absolute Gasteiger partial charge is 0.407 e. The Kier molecular flexibility index (Phi) is 8.38. The molecule has 0 spiro atoms. The summed E-state index contributed by atoms with van der Waals surface area (Å²) in [5, 5.41) is 35.2. The highest BCUT2D eigenvalue weighted by Crippen LogP contribution is 2.37. The molecular formula is C31H24Cl2F2N8O2. The molecule has 6 rings (SSSR count).